The Balaban J connectivity index is 1.83. The summed E-state index contributed by atoms with van der Waals surface area (Å²) in [4.78, 5) is 1.18. The van der Waals surface area contributed by atoms with E-state index in [1.54, 1.807) is 6.20 Å². The van der Waals surface area contributed by atoms with Gasteiger partial charge in [0.15, 0.2) is 0 Å². The van der Waals surface area contributed by atoms with Crippen molar-refractivity contribution in [3.8, 4) is 10.6 Å². The van der Waals surface area contributed by atoms with Gasteiger partial charge in [-0.05, 0) is 55.8 Å². The fourth-order valence-corrected chi connectivity index (χ4v) is 6.29. The average molecular weight is 416 g/mol. The molecule has 0 unspecified atom stereocenters. The number of anilines is 1. The van der Waals surface area contributed by atoms with Crippen LogP contribution in [0.1, 0.15) is 44.2 Å². The molecule has 1 aromatic carbocycles. The predicted octanol–water partition coefficient (Wildman–Crippen LogP) is 5.25. The minimum Gasteiger partial charge on any atom is -0.268 e. The number of nitrogens with zero attached hydrogens (tertiary/aromatic N) is 3. The van der Waals surface area contributed by atoms with Crippen molar-refractivity contribution in [1.82, 2.24) is 9.78 Å². The topological polar surface area (TPSA) is 55.2 Å². The smallest absolute Gasteiger partial charge is 0.268 e. The van der Waals surface area contributed by atoms with Gasteiger partial charge in [0, 0.05) is 12.7 Å². The van der Waals surface area contributed by atoms with Gasteiger partial charge in [-0.3, -0.25) is 8.99 Å². The lowest BCUT2D eigenvalue weighted by atomic mass is 10.2. The summed E-state index contributed by atoms with van der Waals surface area (Å²) in [5, 5.41) is 6.71. The summed E-state index contributed by atoms with van der Waals surface area (Å²) in [5.41, 5.74) is 2.28. The molecule has 0 saturated heterocycles. The van der Waals surface area contributed by atoms with Gasteiger partial charge in [0.2, 0.25) is 0 Å². The van der Waals surface area contributed by atoms with Gasteiger partial charge < -0.3 is 0 Å². The lowest BCUT2D eigenvalue weighted by Crippen LogP contribution is -2.31. The summed E-state index contributed by atoms with van der Waals surface area (Å²) in [5.74, 6) is 0. The maximum absolute atomic E-state index is 13.7. The van der Waals surface area contributed by atoms with Crippen molar-refractivity contribution in [2.45, 2.75) is 50.5 Å². The van der Waals surface area contributed by atoms with Crippen LogP contribution in [0.3, 0.4) is 0 Å². The molecule has 2 heterocycles. The number of aromatic nitrogens is 2. The molecule has 1 aliphatic carbocycles. The van der Waals surface area contributed by atoms with E-state index in [2.05, 4.69) is 0 Å². The highest BCUT2D eigenvalue weighted by Gasteiger charge is 2.31. The predicted molar refractivity (Wildman–Crippen MR) is 114 cm³/mol. The Bertz CT molecular complexity index is 1050. The summed E-state index contributed by atoms with van der Waals surface area (Å²) in [6.07, 6.45) is 6.20. The van der Waals surface area contributed by atoms with Crippen molar-refractivity contribution in [3.05, 3.63) is 53.5 Å². The van der Waals surface area contributed by atoms with Crippen LogP contribution in [0.4, 0.5) is 5.69 Å². The van der Waals surface area contributed by atoms with Crippen molar-refractivity contribution in [2.75, 3.05) is 10.8 Å². The van der Waals surface area contributed by atoms with Crippen LogP contribution >= 0.6 is 11.3 Å². The highest BCUT2D eigenvalue weighted by Crippen LogP contribution is 2.36. The maximum atomic E-state index is 13.7. The second-order valence-corrected chi connectivity index (χ2v) is 10.0. The molecule has 148 valence electrons. The molecule has 7 heteroatoms. The fraction of sp³-hybridized carbons (Fsp3) is 0.381. The third kappa shape index (κ3) is 3.49. The number of thiophene rings is 1. The van der Waals surface area contributed by atoms with Crippen LogP contribution in [0.5, 0.6) is 0 Å². The Morgan fingerprint density at radius 3 is 2.64 bits per heavy atom. The molecular formula is C21H25N3O2S2. The first-order valence-corrected chi connectivity index (χ1v) is 12.0. The number of hydrogen-bond donors (Lipinski definition) is 0. The molecule has 1 fully saturated rings. The summed E-state index contributed by atoms with van der Waals surface area (Å²) in [7, 11) is -3.73. The third-order valence-corrected chi connectivity index (χ3v) is 8.08. The zero-order chi connectivity index (χ0) is 19.7. The number of benzene rings is 1. The minimum absolute atomic E-state index is 0.289. The highest BCUT2D eigenvalue weighted by molar-refractivity contribution is 7.93. The number of rotatable bonds is 6. The zero-order valence-electron chi connectivity index (χ0n) is 16.2. The molecule has 1 aliphatic rings. The molecule has 0 radical (unpaired) electrons. The van der Waals surface area contributed by atoms with Crippen molar-refractivity contribution in [2.24, 2.45) is 0 Å². The summed E-state index contributed by atoms with van der Waals surface area (Å²) in [6, 6.07) is 11.8. The second-order valence-electron chi connectivity index (χ2n) is 7.25. The van der Waals surface area contributed by atoms with Gasteiger partial charge in [0.05, 0.1) is 16.6 Å². The lowest BCUT2D eigenvalue weighted by molar-refractivity contribution is 0.467. The van der Waals surface area contributed by atoms with Crippen LogP contribution in [0.2, 0.25) is 0 Å². The number of aryl methyl sites for hydroxylation is 1. The van der Waals surface area contributed by atoms with E-state index in [4.69, 9.17) is 5.10 Å². The minimum atomic E-state index is -3.73. The molecule has 0 spiro atoms. The average Bonchev–Trinajstić information content (AvgIpc) is 3.41. The van der Waals surface area contributed by atoms with E-state index >= 15 is 0 Å². The van der Waals surface area contributed by atoms with Crippen molar-refractivity contribution in [1.29, 1.82) is 0 Å². The third-order valence-electron chi connectivity index (χ3n) is 5.30. The molecule has 0 N–H and O–H groups in total. The zero-order valence-corrected chi connectivity index (χ0v) is 17.8. The lowest BCUT2D eigenvalue weighted by Gasteiger charge is -2.23. The van der Waals surface area contributed by atoms with E-state index in [9.17, 15) is 8.42 Å². The Morgan fingerprint density at radius 2 is 2.00 bits per heavy atom. The van der Waals surface area contributed by atoms with Gasteiger partial charge >= 0.3 is 0 Å². The first kappa shape index (κ1) is 19.2. The van der Waals surface area contributed by atoms with Crippen LogP contribution in [-0.4, -0.2) is 24.7 Å². The van der Waals surface area contributed by atoms with Gasteiger partial charge in [-0.15, -0.1) is 11.3 Å². The van der Waals surface area contributed by atoms with E-state index in [-0.39, 0.29) is 6.04 Å². The summed E-state index contributed by atoms with van der Waals surface area (Å²) < 4.78 is 30.8. The molecule has 0 atom stereocenters. The Hall–Kier alpha value is -2.12. The first-order chi connectivity index (χ1) is 13.5. The monoisotopic (exact) mass is 415 g/mol. The standard InChI is InChI=1S/C21H25N3O2S2/c1-3-24(18-11-6-8-16(2)14-18)28(25,26)20-15-23(17-9-4-5-10-17)22-21(20)19-12-7-13-27-19/h6-8,11-15,17H,3-5,9-10H2,1-2H3. The van der Waals surface area contributed by atoms with E-state index in [0.717, 1.165) is 23.3 Å². The second kappa shape index (κ2) is 7.72. The van der Waals surface area contributed by atoms with Crippen molar-refractivity contribution >= 4 is 27.0 Å². The molecule has 0 bridgehead atoms. The molecular weight excluding hydrogens is 390 g/mol. The Morgan fingerprint density at radius 1 is 1.21 bits per heavy atom. The molecule has 4 rings (SSSR count). The maximum Gasteiger partial charge on any atom is 0.268 e. The SMILES string of the molecule is CCN(c1cccc(C)c1)S(=O)(=O)c1cn(C2CCCC2)nc1-c1cccs1. The van der Waals surface area contributed by atoms with Crippen LogP contribution in [-0.2, 0) is 10.0 Å². The van der Waals surface area contributed by atoms with E-state index in [1.165, 1.54) is 28.5 Å². The van der Waals surface area contributed by atoms with Gasteiger partial charge in [-0.2, -0.15) is 5.10 Å². The molecule has 0 aliphatic heterocycles. The van der Waals surface area contributed by atoms with Gasteiger partial charge in [-0.1, -0.05) is 31.0 Å². The van der Waals surface area contributed by atoms with E-state index < -0.39 is 10.0 Å². The van der Waals surface area contributed by atoms with Crippen LogP contribution in [0, 0.1) is 6.92 Å². The first-order valence-electron chi connectivity index (χ1n) is 9.73. The van der Waals surface area contributed by atoms with E-state index in [1.807, 2.05) is 60.3 Å². The molecule has 3 aromatic rings. The number of sulfonamides is 1. The fourth-order valence-electron chi connectivity index (χ4n) is 3.90. The van der Waals surface area contributed by atoms with Crippen molar-refractivity contribution < 1.29 is 8.42 Å². The van der Waals surface area contributed by atoms with Gasteiger partial charge in [-0.25, -0.2) is 8.42 Å². The van der Waals surface area contributed by atoms with Crippen LogP contribution in [0.15, 0.2) is 52.9 Å². The Kier molecular flexibility index (Phi) is 5.29. The Labute approximate surface area is 170 Å². The molecule has 0 amide bonds. The quantitative estimate of drug-likeness (QED) is 0.552. The van der Waals surface area contributed by atoms with Crippen molar-refractivity contribution in [3.63, 3.8) is 0 Å². The van der Waals surface area contributed by atoms with Crippen LogP contribution in [0.25, 0.3) is 10.6 Å². The molecule has 28 heavy (non-hydrogen) atoms. The molecule has 1 saturated carbocycles. The van der Waals surface area contributed by atoms with Gasteiger partial charge in [0.1, 0.15) is 10.6 Å². The molecule has 5 nitrogen and oxygen atoms in total. The normalized spacial score (nSPS) is 15.2. The largest absolute Gasteiger partial charge is 0.268 e. The number of hydrogen-bond acceptors (Lipinski definition) is 4. The van der Waals surface area contributed by atoms with E-state index in [0.29, 0.717) is 22.8 Å². The molecule has 2 aromatic heterocycles. The van der Waals surface area contributed by atoms with Crippen LogP contribution < -0.4 is 4.31 Å². The summed E-state index contributed by atoms with van der Waals surface area (Å²) >= 11 is 1.52. The van der Waals surface area contributed by atoms with Gasteiger partial charge in [0.25, 0.3) is 10.0 Å². The highest BCUT2D eigenvalue weighted by atomic mass is 32.2. The summed E-state index contributed by atoms with van der Waals surface area (Å²) in [6.45, 7) is 4.20.